The molecule has 3 heterocycles. The highest BCUT2D eigenvalue weighted by molar-refractivity contribution is 8.16. The lowest BCUT2D eigenvalue weighted by atomic mass is 9.93. The Morgan fingerprint density at radius 1 is 1.14 bits per heavy atom. The number of carbonyl (C=O) groups is 3. The summed E-state index contributed by atoms with van der Waals surface area (Å²) in [6, 6.07) is 7.06. The van der Waals surface area contributed by atoms with E-state index in [9.17, 15) is 14.4 Å². The first-order chi connectivity index (χ1) is 16.8. The van der Waals surface area contributed by atoms with Crippen LogP contribution >= 0.6 is 11.8 Å². The summed E-state index contributed by atoms with van der Waals surface area (Å²) < 4.78 is 10.8. The number of carbonyl (C=O) groups excluding carboxylic acids is 3. The van der Waals surface area contributed by atoms with Crippen molar-refractivity contribution < 1.29 is 23.9 Å². The van der Waals surface area contributed by atoms with Crippen LogP contribution in [-0.4, -0.2) is 77.5 Å². The van der Waals surface area contributed by atoms with E-state index in [0.717, 1.165) is 11.3 Å². The van der Waals surface area contributed by atoms with Crippen LogP contribution in [0, 0.1) is 0 Å². The zero-order chi connectivity index (χ0) is 25.1. The van der Waals surface area contributed by atoms with Crippen LogP contribution in [0.25, 0.3) is 0 Å². The number of rotatable bonds is 6. The van der Waals surface area contributed by atoms with Gasteiger partial charge in [-0.2, -0.15) is 0 Å². The van der Waals surface area contributed by atoms with Crippen molar-refractivity contribution in [2.75, 3.05) is 39.9 Å². The minimum atomic E-state index is -0.500. The molecule has 0 N–H and O–H groups in total. The lowest BCUT2D eigenvalue weighted by molar-refractivity contribution is -0.139. The van der Waals surface area contributed by atoms with Crippen molar-refractivity contribution in [3.05, 3.63) is 52.2 Å². The fraction of sp³-hybridized carbons (Fsp3) is 0.440. The number of thioether (sulfide) groups is 1. The average molecular weight is 499 g/mol. The molecule has 3 aliphatic rings. The molecule has 0 radical (unpaired) electrons. The van der Waals surface area contributed by atoms with Crippen molar-refractivity contribution in [2.24, 2.45) is 4.99 Å². The summed E-state index contributed by atoms with van der Waals surface area (Å²) in [5, 5.41) is 2.64. The van der Waals surface area contributed by atoms with Gasteiger partial charge in [-0.05, 0) is 37.0 Å². The number of ether oxygens (including phenoxy) is 2. The Labute approximate surface area is 209 Å². The second kappa shape index (κ2) is 10.6. The number of hydrogen-bond acceptors (Lipinski definition) is 8. The molecular weight excluding hydrogens is 468 g/mol. The van der Waals surface area contributed by atoms with Gasteiger partial charge in [-0.1, -0.05) is 23.9 Å². The number of fused-ring (bicyclic) bond motifs is 1. The van der Waals surface area contributed by atoms with Crippen LogP contribution in [0.1, 0.15) is 38.8 Å². The van der Waals surface area contributed by atoms with Gasteiger partial charge in [-0.15, -0.1) is 0 Å². The molecule has 0 bridgehead atoms. The highest BCUT2D eigenvalue weighted by atomic mass is 32.2. The molecule has 0 saturated carbocycles. The zero-order valence-corrected chi connectivity index (χ0v) is 21.3. The fourth-order valence-corrected chi connectivity index (χ4v) is 5.47. The topological polar surface area (TPSA) is 91.8 Å². The third-order valence-electron chi connectivity index (χ3n) is 6.32. The lowest BCUT2D eigenvalue weighted by Gasteiger charge is -2.37. The zero-order valence-electron chi connectivity index (χ0n) is 20.4. The maximum Gasteiger partial charge on any atom is 0.338 e. The molecular formula is C25H30N4O5S. The van der Waals surface area contributed by atoms with Crippen LogP contribution in [0.3, 0.4) is 0 Å². The Morgan fingerprint density at radius 3 is 2.51 bits per heavy atom. The first-order valence-corrected chi connectivity index (χ1v) is 12.5. The SMILES string of the molecule is CCOC(=O)C1=C(C)N=C2SC=C(CC(=O)N3CCN(C(C)=O)CC3)N2C1c1cccc(OC)c1. The highest BCUT2D eigenvalue weighted by Gasteiger charge is 2.41. The molecule has 0 spiro atoms. The molecule has 10 heteroatoms. The Kier molecular flexibility index (Phi) is 7.49. The van der Waals surface area contributed by atoms with Gasteiger partial charge in [0, 0.05) is 38.8 Å². The molecule has 1 aromatic carbocycles. The Morgan fingerprint density at radius 2 is 1.86 bits per heavy atom. The maximum absolute atomic E-state index is 13.2. The second-order valence-electron chi connectivity index (χ2n) is 8.45. The number of piperazine rings is 1. The number of nitrogens with zero attached hydrogens (tertiary/aromatic N) is 4. The average Bonchev–Trinajstić information content (AvgIpc) is 3.25. The van der Waals surface area contributed by atoms with E-state index in [1.807, 2.05) is 41.5 Å². The minimum absolute atomic E-state index is 0.0188. The minimum Gasteiger partial charge on any atom is -0.497 e. The van der Waals surface area contributed by atoms with E-state index in [1.165, 1.54) is 11.8 Å². The van der Waals surface area contributed by atoms with E-state index in [1.54, 1.807) is 30.8 Å². The summed E-state index contributed by atoms with van der Waals surface area (Å²) in [4.78, 5) is 48.1. The van der Waals surface area contributed by atoms with Crippen molar-refractivity contribution in [3.63, 3.8) is 0 Å². The van der Waals surface area contributed by atoms with Crippen molar-refractivity contribution in [3.8, 4) is 5.75 Å². The highest BCUT2D eigenvalue weighted by Crippen LogP contribution is 2.45. The number of esters is 1. The monoisotopic (exact) mass is 498 g/mol. The molecule has 0 aliphatic carbocycles. The van der Waals surface area contributed by atoms with Crippen LogP contribution in [-0.2, 0) is 19.1 Å². The summed E-state index contributed by atoms with van der Waals surface area (Å²) >= 11 is 1.44. The number of aliphatic imine (C=N–C) groups is 1. The number of benzene rings is 1. The quantitative estimate of drug-likeness (QED) is 0.557. The fourth-order valence-electron chi connectivity index (χ4n) is 4.50. The van der Waals surface area contributed by atoms with E-state index < -0.39 is 12.0 Å². The number of methoxy groups -OCH3 is 1. The normalized spacial score (nSPS) is 19.8. The number of allylic oxidation sites excluding steroid dienone is 1. The molecule has 2 amide bonds. The molecule has 3 aliphatic heterocycles. The Balaban J connectivity index is 1.63. The largest absolute Gasteiger partial charge is 0.497 e. The molecule has 0 aromatic heterocycles. The van der Waals surface area contributed by atoms with Crippen molar-refractivity contribution in [1.82, 2.24) is 14.7 Å². The van der Waals surface area contributed by atoms with Gasteiger partial charge in [0.2, 0.25) is 11.8 Å². The van der Waals surface area contributed by atoms with E-state index in [0.29, 0.717) is 48.4 Å². The Bertz CT molecular complexity index is 1120. The molecule has 9 nitrogen and oxygen atoms in total. The van der Waals surface area contributed by atoms with E-state index >= 15 is 0 Å². The van der Waals surface area contributed by atoms with E-state index in [4.69, 9.17) is 9.47 Å². The van der Waals surface area contributed by atoms with Crippen molar-refractivity contribution in [2.45, 2.75) is 33.2 Å². The maximum atomic E-state index is 13.2. The van der Waals surface area contributed by atoms with Gasteiger partial charge < -0.3 is 24.2 Å². The molecule has 1 aromatic rings. The molecule has 1 unspecified atom stereocenters. The third-order valence-corrected chi connectivity index (χ3v) is 7.20. The molecule has 4 rings (SSSR count). The van der Waals surface area contributed by atoms with E-state index in [-0.39, 0.29) is 24.8 Å². The summed E-state index contributed by atoms with van der Waals surface area (Å²) in [6.45, 7) is 7.46. The van der Waals surface area contributed by atoms with Crippen molar-refractivity contribution in [1.29, 1.82) is 0 Å². The first kappa shape index (κ1) is 24.8. The van der Waals surface area contributed by atoms with Crippen LogP contribution in [0.5, 0.6) is 5.75 Å². The van der Waals surface area contributed by atoms with Crippen LogP contribution in [0.2, 0.25) is 0 Å². The molecule has 1 atom stereocenters. The molecule has 186 valence electrons. The second-order valence-corrected chi connectivity index (χ2v) is 9.29. The number of amides is 2. The van der Waals surface area contributed by atoms with Crippen LogP contribution in [0.4, 0.5) is 0 Å². The molecule has 1 saturated heterocycles. The molecule has 1 fully saturated rings. The van der Waals surface area contributed by atoms with Gasteiger partial charge in [0.15, 0.2) is 5.17 Å². The summed E-state index contributed by atoms with van der Waals surface area (Å²) in [5.41, 5.74) is 2.65. The van der Waals surface area contributed by atoms with Gasteiger partial charge in [0.05, 0.1) is 37.4 Å². The smallest absolute Gasteiger partial charge is 0.338 e. The van der Waals surface area contributed by atoms with Crippen molar-refractivity contribution >= 4 is 34.7 Å². The summed E-state index contributed by atoms with van der Waals surface area (Å²) in [6.07, 6.45) is 0.168. The van der Waals surface area contributed by atoms with Gasteiger partial charge in [-0.25, -0.2) is 9.79 Å². The number of amidine groups is 1. The summed E-state index contributed by atoms with van der Waals surface area (Å²) in [5.74, 6) is 0.249. The van der Waals surface area contributed by atoms with Crippen LogP contribution in [0.15, 0.2) is 51.6 Å². The van der Waals surface area contributed by atoms with E-state index in [2.05, 4.69) is 4.99 Å². The molecule has 35 heavy (non-hydrogen) atoms. The van der Waals surface area contributed by atoms with Gasteiger partial charge in [-0.3, -0.25) is 9.59 Å². The number of hydrogen-bond donors (Lipinski definition) is 0. The standard InChI is InChI=1S/C25H30N4O5S/c1-5-34-24(32)22-16(2)26-25-29(23(22)18-7-6-8-20(13-18)33-4)19(15-35-25)14-21(31)28-11-9-27(10-12-28)17(3)30/h6-8,13,15,23H,5,9-12,14H2,1-4H3. The van der Waals surface area contributed by atoms with Gasteiger partial charge in [0.1, 0.15) is 5.75 Å². The predicted molar refractivity (Wildman–Crippen MR) is 133 cm³/mol. The van der Waals surface area contributed by atoms with Gasteiger partial charge >= 0.3 is 5.97 Å². The van der Waals surface area contributed by atoms with Crippen LogP contribution < -0.4 is 4.74 Å². The Hall–Kier alpha value is -3.27. The third kappa shape index (κ3) is 5.07. The lowest BCUT2D eigenvalue weighted by Crippen LogP contribution is -2.50. The first-order valence-electron chi connectivity index (χ1n) is 11.6. The van der Waals surface area contributed by atoms with Gasteiger partial charge in [0.25, 0.3) is 0 Å². The predicted octanol–water partition coefficient (Wildman–Crippen LogP) is 2.91. The summed E-state index contributed by atoms with van der Waals surface area (Å²) in [7, 11) is 1.60.